The fourth-order valence-corrected chi connectivity index (χ4v) is 2.81. The summed E-state index contributed by atoms with van der Waals surface area (Å²) in [4.78, 5) is 16.7. The smallest absolute Gasteiger partial charge is 0.251 e. The minimum atomic E-state index is -0.207. The maximum Gasteiger partial charge on any atom is 0.251 e. The van der Waals surface area contributed by atoms with Crippen LogP contribution < -0.4 is 30.2 Å². The summed E-state index contributed by atoms with van der Waals surface area (Å²) >= 11 is 0. The molecule has 31 heavy (non-hydrogen) atoms. The average Bonchev–Trinajstić information content (AvgIpc) is 2.79. The molecule has 0 aliphatic rings. The largest absolute Gasteiger partial charge is 0.508 e. The van der Waals surface area contributed by atoms with E-state index < -0.39 is 0 Å². The Morgan fingerprint density at radius 1 is 0.935 bits per heavy atom. The van der Waals surface area contributed by atoms with Crippen molar-refractivity contribution in [3.8, 4) is 23.0 Å². The molecule has 0 saturated heterocycles. The summed E-state index contributed by atoms with van der Waals surface area (Å²) in [6, 6.07) is 9.80. The van der Waals surface area contributed by atoms with Gasteiger partial charge in [-0.05, 0) is 48.9 Å². The molecule has 2 aromatic carbocycles. The molecule has 0 aliphatic heterocycles. The fourth-order valence-electron chi connectivity index (χ4n) is 2.81. The summed E-state index contributed by atoms with van der Waals surface area (Å²) in [5, 5.41) is 18.5. The first kappa shape index (κ1) is 23.7. The maximum atomic E-state index is 12.1. The molecule has 0 saturated carbocycles. The van der Waals surface area contributed by atoms with Crippen molar-refractivity contribution in [2.75, 3.05) is 41.0 Å². The Morgan fingerprint density at radius 3 is 2.10 bits per heavy atom. The van der Waals surface area contributed by atoms with Gasteiger partial charge in [0.05, 0.1) is 27.9 Å². The number of ether oxygens (including phenoxy) is 3. The molecule has 2 aromatic rings. The van der Waals surface area contributed by atoms with Crippen LogP contribution in [0.15, 0.2) is 41.4 Å². The van der Waals surface area contributed by atoms with Crippen LogP contribution >= 0.6 is 0 Å². The number of rotatable bonds is 10. The van der Waals surface area contributed by atoms with E-state index in [9.17, 15) is 9.90 Å². The second-order valence-corrected chi connectivity index (χ2v) is 6.46. The molecule has 9 heteroatoms. The highest BCUT2D eigenvalue weighted by Crippen LogP contribution is 2.38. The van der Waals surface area contributed by atoms with Crippen molar-refractivity contribution in [3.05, 3.63) is 47.5 Å². The zero-order valence-electron chi connectivity index (χ0n) is 18.3. The van der Waals surface area contributed by atoms with Crippen LogP contribution in [0, 0.1) is 0 Å². The van der Waals surface area contributed by atoms with Crippen LogP contribution in [0.2, 0.25) is 0 Å². The second kappa shape index (κ2) is 12.2. The molecule has 2 rings (SSSR count). The molecule has 4 N–H and O–H groups in total. The lowest BCUT2D eigenvalue weighted by Crippen LogP contribution is -2.41. The summed E-state index contributed by atoms with van der Waals surface area (Å²) in [6.07, 6.45) is 0. The number of hydrogen-bond donors (Lipinski definition) is 4. The van der Waals surface area contributed by atoms with Gasteiger partial charge in [0.25, 0.3) is 5.91 Å². The lowest BCUT2D eigenvalue weighted by atomic mass is 10.2. The van der Waals surface area contributed by atoms with Crippen molar-refractivity contribution in [1.82, 2.24) is 16.0 Å². The Hall–Kier alpha value is -3.62. The molecule has 0 fully saturated rings. The third-order valence-corrected chi connectivity index (χ3v) is 4.32. The van der Waals surface area contributed by atoms with Gasteiger partial charge in [-0.3, -0.25) is 4.79 Å². The van der Waals surface area contributed by atoms with Gasteiger partial charge < -0.3 is 35.3 Å². The van der Waals surface area contributed by atoms with E-state index in [1.165, 1.54) is 12.1 Å². The molecule has 0 aromatic heterocycles. The van der Waals surface area contributed by atoms with Gasteiger partial charge in [0, 0.05) is 25.2 Å². The van der Waals surface area contributed by atoms with Crippen molar-refractivity contribution in [2.45, 2.75) is 13.5 Å². The number of benzene rings is 2. The number of carbonyl (C=O) groups excluding carboxylic acids is 1. The monoisotopic (exact) mass is 430 g/mol. The molecule has 0 radical (unpaired) electrons. The number of guanidine groups is 1. The standard InChI is InChI=1S/C22H30N4O5/c1-5-23-22(25-11-10-24-21(28)16-6-8-17(27)9-7-16)26-14-15-12-18(29-2)20(31-4)19(13-15)30-3/h6-9,12-13,27H,5,10-11,14H2,1-4H3,(H,24,28)(H2,23,25,26). The van der Waals surface area contributed by atoms with E-state index in [2.05, 4.69) is 20.9 Å². The van der Waals surface area contributed by atoms with Gasteiger partial charge >= 0.3 is 0 Å². The molecule has 9 nitrogen and oxygen atoms in total. The molecular formula is C22H30N4O5. The SMILES string of the molecule is CCNC(=NCc1cc(OC)c(OC)c(OC)c1)NCCNC(=O)c1ccc(O)cc1. The molecule has 0 heterocycles. The van der Waals surface area contributed by atoms with E-state index in [0.717, 1.165) is 5.56 Å². The zero-order valence-corrected chi connectivity index (χ0v) is 18.3. The van der Waals surface area contributed by atoms with Crippen molar-refractivity contribution >= 4 is 11.9 Å². The Kier molecular flexibility index (Phi) is 9.28. The molecule has 0 atom stereocenters. The number of phenolic OH excluding ortho intramolecular Hbond substituents is 1. The fraction of sp³-hybridized carbons (Fsp3) is 0.364. The Labute approximate surface area is 182 Å². The number of carbonyl (C=O) groups is 1. The van der Waals surface area contributed by atoms with E-state index >= 15 is 0 Å². The first-order chi connectivity index (χ1) is 15.0. The number of aromatic hydroxyl groups is 1. The highest BCUT2D eigenvalue weighted by Gasteiger charge is 2.13. The van der Waals surface area contributed by atoms with E-state index in [1.807, 2.05) is 19.1 Å². The third-order valence-electron chi connectivity index (χ3n) is 4.32. The van der Waals surface area contributed by atoms with Gasteiger partial charge in [-0.25, -0.2) is 4.99 Å². The lowest BCUT2D eigenvalue weighted by Gasteiger charge is -2.14. The topological polar surface area (TPSA) is 113 Å². The highest BCUT2D eigenvalue weighted by molar-refractivity contribution is 5.94. The number of nitrogens with zero attached hydrogens (tertiary/aromatic N) is 1. The van der Waals surface area contributed by atoms with Gasteiger partial charge in [-0.2, -0.15) is 0 Å². The van der Waals surface area contributed by atoms with Crippen LogP contribution in [0.5, 0.6) is 23.0 Å². The van der Waals surface area contributed by atoms with Crippen molar-refractivity contribution in [3.63, 3.8) is 0 Å². The highest BCUT2D eigenvalue weighted by atomic mass is 16.5. The predicted octanol–water partition coefficient (Wildman–Crippen LogP) is 1.90. The van der Waals surface area contributed by atoms with Crippen molar-refractivity contribution < 1.29 is 24.1 Å². The minimum absolute atomic E-state index is 0.122. The number of hydrogen-bond acceptors (Lipinski definition) is 6. The minimum Gasteiger partial charge on any atom is -0.508 e. The van der Waals surface area contributed by atoms with Gasteiger partial charge in [-0.1, -0.05) is 0 Å². The number of nitrogens with one attached hydrogen (secondary N) is 3. The molecule has 168 valence electrons. The summed E-state index contributed by atoms with van der Waals surface area (Å²) in [5.74, 6) is 2.21. The zero-order chi connectivity index (χ0) is 22.6. The summed E-state index contributed by atoms with van der Waals surface area (Å²) in [5.41, 5.74) is 1.38. The molecule has 0 unspecified atom stereocenters. The first-order valence-corrected chi connectivity index (χ1v) is 9.90. The van der Waals surface area contributed by atoms with Gasteiger partial charge in [-0.15, -0.1) is 0 Å². The average molecular weight is 431 g/mol. The number of methoxy groups -OCH3 is 3. The molecular weight excluding hydrogens is 400 g/mol. The van der Waals surface area contributed by atoms with Crippen LogP contribution in [0.25, 0.3) is 0 Å². The molecule has 0 spiro atoms. The second-order valence-electron chi connectivity index (χ2n) is 6.46. The Balaban J connectivity index is 1.94. The van der Waals surface area contributed by atoms with Gasteiger partial charge in [0.15, 0.2) is 17.5 Å². The third kappa shape index (κ3) is 6.98. The van der Waals surface area contributed by atoms with Crippen molar-refractivity contribution in [2.24, 2.45) is 4.99 Å². The van der Waals surface area contributed by atoms with Crippen LogP contribution in [0.3, 0.4) is 0 Å². The predicted molar refractivity (Wildman–Crippen MR) is 119 cm³/mol. The van der Waals surface area contributed by atoms with Gasteiger partial charge in [0.2, 0.25) is 5.75 Å². The van der Waals surface area contributed by atoms with Crippen LogP contribution in [0.4, 0.5) is 0 Å². The number of phenols is 1. The summed E-state index contributed by atoms with van der Waals surface area (Å²) in [6.45, 7) is 3.97. The molecule has 0 aliphatic carbocycles. The normalized spacial score (nSPS) is 10.9. The van der Waals surface area contributed by atoms with Crippen LogP contribution in [-0.2, 0) is 6.54 Å². The molecule has 0 bridgehead atoms. The van der Waals surface area contributed by atoms with Crippen molar-refractivity contribution in [1.29, 1.82) is 0 Å². The number of aliphatic imine (C=N–C) groups is 1. The first-order valence-electron chi connectivity index (χ1n) is 9.90. The molecule has 1 amide bonds. The van der Waals surface area contributed by atoms with E-state index in [4.69, 9.17) is 14.2 Å². The van der Waals surface area contributed by atoms with E-state index in [-0.39, 0.29) is 11.7 Å². The Bertz CT molecular complexity index is 859. The van der Waals surface area contributed by atoms with E-state index in [1.54, 1.807) is 33.5 Å². The lowest BCUT2D eigenvalue weighted by molar-refractivity contribution is 0.0954. The summed E-state index contributed by atoms with van der Waals surface area (Å²) in [7, 11) is 4.71. The van der Waals surface area contributed by atoms with Crippen LogP contribution in [-0.4, -0.2) is 57.9 Å². The van der Waals surface area contributed by atoms with E-state index in [0.29, 0.717) is 55.0 Å². The Morgan fingerprint density at radius 2 is 1.55 bits per heavy atom. The maximum absolute atomic E-state index is 12.1. The quantitative estimate of drug-likeness (QED) is 0.259. The summed E-state index contributed by atoms with van der Waals surface area (Å²) < 4.78 is 16.1. The number of amides is 1. The van der Waals surface area contributed by atoms with Gasteiger partial charge in [0.1, 0.15) is 5.75 Å². The van der Waals surface area contributed by atoms with Crippen LogP contribution in [0.1, 0.15) is 22.8 Å².